The normalized spacial score (nSPS) is 13.4. The Morgan fingerprint density at radius 1 is 1.14 bits per heavy atom. The largest absolute Gasteiger partial charge is 0.489 e. The zero-order valence-corrected chi connectivity index (χ0v) is 13.1. The van der Waals surface area contributed by atoms with Crippen molar-refractivity contribution in [3.63, 3.8) is 0 Å². The van der Waals surface area contributed by atoms with Gasteiger partial charge in [0.25, 0.3) is 0 Å². The van der Waals surface area contributed by atoms with Gasteiger partial charge in [-0.05, 0) is 29.7 Å². The molecule has 0 spiro atoms. The van der Waals surface area contributed by atoms with Crippen LogP contribution in [0.2, 0.25) is 0 Å². The van der Waals surface area contributed by atoms with E-state index in [1.54, 1.807) is 0 Å². The molecule has 22 heavy (non-hydrogen) atoms. The smallest absolute Gasteiger partial charge is 0.304 e. The van der Waals surface area contributed by atoms with Gasteiger partial charge in [-0.1, -0.05) is 56.3 Å². The Balaban J connectivity index is 2.13. The predicted octanol–water partition coefficient (Wildman–Crippen LogP) is 4.41. The van der Waals surface area contributed by atoms with E-state index in [0.29, 0.717) is 6.61 Å². The number of rotatable bonds is 7. The maximum atomic E-state index is 11.1. The summed E-state index contributed by atoms with van der Waals surface area (Å²) in [4.78, 5) is 11.1. The molecule has 0 amide bonds. The molecule has 0 aliphatic rings. The van der Waals surface area contributed by atoms with Gasteiger partial charge in [0, 0.05) is 5.41 Å². The van der Waals surface area contributed by atoms with Crippen molar-refractivity contribution in [2.24, 2.45) is 0 Å². The molecular formula is C19H22O3. The molecular weight excluding hydrogens is 276 g/mol. The molecule has 2 aromatic rings. The van der Waals surface area contributed by atoms with Crippen molar-refractivity contribution < 1.29 is 14.6 Å². The average molecular weight is 298 g/mol. The van der Waals surface area contributed by atoms with Crippen LogP contribution in [-0.2, 0) is 16.8 Å². The highest BCUT2D eigenvalue weighted by Crippen LogP contribution is 2.33. The van der Waals surface area contributed by atoms with E-state index in [-0.39, 0.29) is 11.8 Å². The maximum absolute atomic E-state index is 11.1. The van der Waals surface area contributed by atoms with Gasteiger partial charge in [0.05, 0.1) is 6.42 Å². The lowest BCUT2D eigenvalue weighted by molar-refractivity contribution is -0.138. The summed E-state index contributed by atoms with van der Waals surface area (Å²) >= 11 is 0. The van der Waals surface area contributed by atoms with Gasteiger partial charge < -0.3 is 9.84 Å². The lowest BCUT2D eigenvalue weighted by atomic mass is 9.77. The van der Waals surface area contributed by atoms with Crippen LogP contribution in [0.3, 0.4) is 0 Å². The van der Waals surface area contributed by atoms with Crippen LogP contribution in [0.15, 0.2) is 54.6 Å². The molecule has 0 aliphatic heterocycles. The van der Waals surface area contributed by atoms with E-state index in [1.165, 1.54) is 0 Å². The number of benzene rings is 2. The second-order valence-corrected chi connectivity index (χ2v) is 5.79. The third-order valence-corrected chi connectivity index (χ3v) is 4.10. The van der Waals surface area contributed by atoms with Crippen LogP contribution < -0.4 is 4.74 Å². The fourth-order valence-electron chi connectivity index (χ4n) is 2.47. The van der Waals surface area contributed by atoms with Gasteiger partial charge in [-0.15, -0.1) is 0 Å². The first-order chi connectivity index (χ1) is 10.5. The molecule has 1 unspecified atom stereocenters. The third-order valence-electron chi connectivity index (χ3n) is 4.10. The first-order valence-corrected chi connectivity index (χ1v) is 7.52. The van der Waals surface area contributed by atoms with Crippen molar-refractivity contribution in [1.82, 2.24) is 0 Å². The molecule has 0 aromatic heterocycles. The molecule has 0 fully saturated rings. The molecule has 2 aromatic carbocycles. The van der Waals surface area contributed by atoms with Gasteiger partial charge in [-0.25, -0.2) is 0 Å². The number of carbonyl (C=O) groups is 1. The van der Waals surface area contributed by atoms with E-state index in [1.807, 2.05) is 68.4 Å². The highest BCUT2D eigenvalue weighted by atomic mass is 16.5. The molecule has 0 bridgehead atoms. The minimum atomic E-state index is -0.778. The summed E-state index contributed by atoms with van der Waals surface area (Å²) in [6.45, 7) is 4.50. The second kappa shape index (κ2) is 7.12. The summed E-state index contributed by atoms with van der Waals surface area (Å²) in [5, 5.41) is 9.13. The summed E-state index contributed by atoms with van der Waals surface area (Å²) < 4.78 is 5.83. The minimum Gasteiger partial charge on any atom is -0.489 e. The van der Waals surface area contributed by atoms with Crippen molar-refractivity contribution in [2.45, 2.75) is 38.7 Å². The molecule has 0 radical (unpaired) electrons. The molecule has 116 valence electrons. The maximum Gasteiger partial charge on any atom is 0.304 e. The molecule has 0 heterocycles. The topological polar surface area (TPSA) is 46.5 Å². The lowest BCUT2D eigenvalue weighted by Crippen LogP contribution is -2.24. The van der Waals surface area contributed by atoms with E-state index >= 15 is 0 Å². The van der Waals surface area contributed by atoms with Crippen LogP contribution in [0.5, 0.6) is 5.75 Å². The van der Waals surface area contributed by atoms with Crippen molar-refractivity contribution in [3.8, 4) is 5.75 Å². The predicted molar refractivity (Wildman–Crippen MR) is 87.1 cm³/mol. The highest BCUT2D eigenvalue weighted by Gasteiger charge is 2.28. The summed E-state index contributed by atoms with van der Waals surface area (Å²) in [7, 11) is 0. The Labute approximate surface area is 131 Å². The molecule has 3 heteroatoms. The van der Waals surface area contributed by atoms with Crippen molar-refractivity contribution in [3.05, 3.63) is 65.7 Å². The van der Waals surface area contributed by atoms with Crippen LogP contribution in [0.4, 0.5) is 0 Å². The minimum absolute atomic E-state index is 0.117. The van der Waals surface area contributed by atoms with Gasteiger partial charge in [-0.2, -0.15) is 0 Å². The Kier molecular flexibility index (Phi) is 5.21. The SMILES string of the molecule is CCC(C)(CC(=O)O)c1cccc(OCc2ccccc2)c1. The number of hydrogen-bond acceptors (Lipinski definition) is 2. The van der Waals surface area contributed by atoms with Gasteiger partial charge in [0.1, 0.15) is 12.4 Å². The van der Waals surface area contributed by atoms with Crippen LogP contribution in [0.25, 0.3) is 0 Å². The quantitative estimate of drug-likeness (QED) is 0.823. The second-order valence-electron chi connectivity index (χ2n) is 5.79. The van der Waals surface area contributed by atoms with Gasteiger partial charge >= 0.3 is 5.97 Å². The number of aliphatic carboxylic acids is 1. The number of carboxylic acid groups (broad SMARTS) is 1. The van der Waals surface area contributed by atoms with Crippen LogP contribution >= 0.6 is 0 Å². The third kappa shape index (κ3) is 4.10. The molecule has 0 aliphatic carbocycles. The van der Waals surface area contributed by atoms with Gasteiger partial charge in [-0.3, -0.25) is 4.79 Å². The standard InChI is InChI=1S/C19H22O3/c1-3-19(2,13-18(20)21)16-10-7-11-17(12-16)22-14-15-8-5-4-6-9-15/h4-12H,3,13-14H2,1-2H3,(H,20,21). The fourth-order valence-corrected chi connectivity index (χ4v) is 2.47. The summed E-state index contributed by atoms with van der Waals surface area (Å²) in [6, 6.07) is 17.7. The molecule has 2 rings (SSSR count). The van der Waals surface area contributed by atoms with Gasteiger partial charge in [0.2, 0.25) is 0 Å². The first kappa shape index (κ1) is 16.1. The van der Waals surface area contributed by atoms with Crippen LogP contribution in [0, 0.1) is 0 Å². The van der Waals surface area contributed by atoms with E-state index in [2.05, 4.69) is 0 Å². The average Bonchev–Trinajstić information content (AvgIpc) is 2.53. The van der Waals surface area contributed by atoms with E-state index in [0.717, 1.165) is 23.3 Å². The molecule has 0 saturated carbocycles. The number of ether oxygens (including phenoxy) is 1. The van der Waals surface area contributed by atoms with Crippen molar-refractivity contribution in [2.75, 3.05) is 0 Å². The number of carboxylic acids is 1. The van der Waals surface area contributed by atoms with Crippen molar-refractivity contribution in [1.29, 1.82) is 0 Å². The lowest BCUT2D eigenvalue weighted by Gasteiger charge is -2.27. The Morgan fingerprint density at radius 2 is 1.86 bits per heavy atom. The molecule has 0 saturated heterocycles. The van der Waals surface area contributed by atoms with E-state index < -0.39 is 5.97 Å². The zero-order valence-electron chi connectivity index (χ0n) is 13.1. The van der Waals surface area contributed by atoms with Crippen LogP contribution in [0.1, 0.15) is 37.8 Å². The monoisotopic (exact) mass is 298 g/mol. The van der Waals surface area contributed by atoms with Crippen LogP contribution in [-0.4, -0.2) is 11.1 Å². The molecule has 3 nitrogen and oxygen atoms in total. The zero-order chi connectivity index (χ0) is 16.0. The molecule has 1 atom stereocenters. The Bertz CT molecular complexity index is 622. The summed E-state index contributed by atoms with van der Waals surface area (Å²) in [5.74, 6) is -0.00799. The summed E-state index contributed by atoms with van der Waals surface area (Å²) in [6.07, 6.45) is 0.882. The van der Waals surface area contributed by atoms with E-state index in [9.17, 15) is 4.79 Å². The summed E-state index contributed by atoms with van der Waals surface area (Å²) in [5.41, 5.74) is 1.73. The Hall–Kier alpha value is -2.29. The van der Waals surface area contributed by atoms with Gasteiger partial charge in [0.15, 0.2) is 0 Å². The first-order valence-electron chi connectivity index (χ1n) is 7.52. The Morgan fingerprint density at radius 3 is 2.50 bits per heavy atom. The fraction of sp³-hybridized carbons (Fsp3) is 0.316. The van der Waals surface area contributed by atoms with E-state index in [4.69, 9.17) is 9.84 Å². The highest BCUT2D eigenvalue weighted by molar-refractivity contribution is 5.69. The number of hydrogen-bond donors (Lipinski definition) is 1. The van der Waals surface area contributed by atoms with Crippen molar-refractivity contribution >= 4 is 5.97 Å². The molecule has 1 N–H and O–H groups in total.